The SMILES string of the molecule is CCc1cc(F)cc(C(C)CCC(C)C)c1. The molecule has 1 heteroatoms. The van der Waals surface area contributed by atoms with Crippen LogP contribution in [-0.4, -0.2) is 0 Å². The lowest BCUT2D eigenvalue weighted by atomic mass is 9.91. The fourth-order valence-electron chi connectivity index (χ4n) is 1.91. The van der Waals surface area contributed by atoms with E-state index in [1.54, 1.807) is 12.1 Å². The minimum atomic E-state index is -0.0919. The third-order valence-electron chi connectivity index (χ3n) is 3.13. The molecule has 1 aromatic carbocycles. The molecule has 90 valence electrons. The molecular formula is C15H23F. The third kappa shape index (κ3) is 3.96. The molecular weight excluding hydrogens is 199 g/mol. The molecule has 1 rings (SSSR count). The summed E-state index contributed by atoms with van der Waals surface area (Å²) in [5.74, 6) is 1.09. The van der Waals surface area contributed by atoms with E-state index in [2.05, 4.69) is 33.8 Å². The maximum absolute atomic E-state index is 13.4. The summed E-state index contributed by atoms with van der Waals surface area (Å²) in [6.45, 7) is 8.72. The highest BCUT2D eigenvalue weighted by atomic mass is 19.1. The Bertz CT molecular complexity index is 328. The van der Waals surface area contributed by atoms with Crippen LogP contribution in [0.2, 0.25) is 0 Å². The van der Waals surface area contributed by atoms with Gasteiger partial charge in [-0.3, -0.25) is 0 Å². The lowest BCUT2D eigenvalue weighted by Crippen LogP contribution is -1.99. The van der Waals surface area contributed by atoms with E-state index in [1.165, 1.54) is 6.42 Å². The zero-order valence-corrected chi connectivity index (χ0v) is 10.9. The van der Waals surface area contributed by atoms with Gasteiger partial charge in [0.25, 0.3) is 0 Å². The van der Waals surface area contributed by atoms with Gasteiger partial charge in [0.05, 0.1) is 0 Å². The molecule has 0 saturated carbocycles. The van der Waals surface area contributed by atoms with E-state index in [0.29, 0.717) is 5.92 Å². The van der Waals surface area contributed by atoms with Crippen LogP contribution in [0, 0.1) is 11.7 Å². The summed E-state index contributed by atoms with van der Waals surface area (Å²) in [4.78, 5) is 0. The maximum atomic E-state index is 13.4. The number of halogens is 1. The maximum Gasteiger partial charge on any atom is 0.123 e. The molecule has 1 unspecified atom stereocenters. The van der Waals surface area contributed by atoms with Crippen molar-refractivity contribution in [3.63, 3.8) is 0 Å². The van der Waals surface area contributed by atoms with Crippen molar-refractivity contribution in [3.8, 4) is 0 Å². The van der Waals surface area contributed by atoms with Gasteiger partial charge < -0.3 is 0 Å². The Morgan fingerprint density at radius 1 is 1.06 bits per heavy atom. The fourth-order valence-corrected chi connectivity index (χ4v) is 1.91. The Hall–Kier alpha value is -0.850. The van der Waals surface area contributed by atoms with Gasteiger partial charge in [-0.25, -0.2) is 4.39 Å². The number of hydrogen-bond donors (Lipinski definition) is 0. The highest BCUT2D eigenvalue weighted by molar-refractivity contribution is 5.27. The topological polar surface area (TPSA) is 0 Å². The normalized spacial score (nSPS) is 13.1. The number of hydrogen-bond acceptors (Lipinski definition) is 0. The zero-order chi connectivity index (χ0) is 12.1. The molecule has 0 saturated heterocycles. The van der Waals surface area contributed by atoms with Crippen LogP contribution in [0.3, 0.4) is 0 Å². The monoisotopic (exact) mass is 222 g/mol. The third-order valence-corrected chi connectivity index (χ3v) is 3.13. The average molecular weight is 222 g/mol. The summed E-state index contributed by atoms with van der Waals surface area (Å²) >= 11 is 0. The lowest BCUT2D eigenvalue weighted by Gasteiger charge is -2.14. The first-order chi connectivity index (χ1) is 7.52. The minimum absolute atomic E-state index is 0.0919. The van der Waals surface area contributed by atoms with Crippen LogP contribution >= 0.6 is 0 Å². The number of benzene rings is 1. The molecule has 1 atom stereocenters. The van der Waals surface area contributed by atoms with Crippen molar-refractivity contribution in [2.24, 2.45) is 5.92 Å². The summed E-state index contributed by atoms with van der Waals surface area (Å²) in [7, 11) is 0. The van der Waals surface area contributed by atoms with E-state index in [9.17, 15) is 4.39 Å². The molecule has 0 N–H and O–H groups in total. The molecule has 0 radical (unpaired) electrons. The second-order valence-corrected chi connectivity index (χ2v) is 5.12. The van der Waals surface area contributed by atoms with Gasteiger partial charge in [-0.1, -0.05) is 40.2 Å². The van der Waals surface area contributed by atoms with Crippen LogP contribution in [0.15, 0.2) is 18.2 Å². The molecule has 0 aliphatic carbocycles. The molecule has 0 fully saturated rings. The van der Waals surface area contributed by atoms with Gasteiger partial charge in [0.15, 0.2) is 0 Å². The van der Waals surface area contributed by atoms with Crippen molar-refractivity contribution in [1.29, 1.82) is 0 Å². The van der Waals surface area contributed by atoms with E-state index in [4.69, 9.17) is 0 Å². The van der Waals surface area contributed by atoms with Gasteiger partial charge in [0, 0.05) is 0 Å². The number of rotatable bonds is 5. The standard InChI is InChI=1S/C15H23F/c1-5-13-8-14(10-15(16)9-13)12(4)7-6-11(2)3/h8-12H,5-7H2,1-4H3. The summed E-state index contributed by atoms with van der Waals surface area (Å²) in [5.41, 5.74) is 2.25. The molecule has 0 aliphatic heterocycles. The van der Waals surface area contributed by atoms with Crippen molar-refractivity contribution >= 4 is 0 Å². The van der Waals surface area contributed by atoms with Crippen LogP contribution < -0.4 is 0 Å². The highest BCUT2D eigenvalue weighted by Crippen LogP contribution is 2.24. The first-order valence-electron chi connectivity index (χ1n) is 6.32. The smallest absolute Gasteiger partial charge is 0.123 e. The van der Waals surface area contributed by atoms with Gasteiger partial charge in [0.1, 0.15) is 5.82 Å². The molecule has 0 aromatic heterocycles. The average Bonchev–Trinajstić information content (AvgIpc) is 2.24. The molecule has 0 aliphatic rings. The van der Waals surface area contributed by atoms with Gasteiger partial charge in [-0.05, 0) is 47.9 Å². The van der Waals surface area contributed by atoms with Crippen LogP contribution in [-0.2, 0) is 6.42 Å². The van der Waals surface area contributed by atoms with Crippen molar-refractivity contribution in [3.05, 3.63) is 35.1 Å². The van der Waals surface area contributed by atoms with Crippen molar-refractivity contribution in [2.75, 3.05) is 0 Å². The van der Waals surface area contributed by atoms with Gasteiger partial charge in [0.2, 0.25) is 0 Å². The zero-order valence-electron chi connectivity index (χ0n) is 10.9. The van der Waals surface area contributed by atoms with Gasteiger partial charge in [-0.2, -0.15) is 0 Å². The Balaban J connectivity index is 2.74. The predicted octanol–water partition coefficient (Wildman–Crippen LogP) is 4.93. The highest BCUT2D eigenvalue weighted by Gasteiger charge is 2.09. The summed E-state index contributed by atoms with van der Waals surface area (Å²) < 4.78 is 13.4. The van der Waals surface area contributed by atoms with E-state index < -0.39 is 0 Å². The largest absolute Gasteiger partial charge is 0.207 e. The van der Waals surface area contributed by atoms with Crippen LogP contribution in [0.4, 0.5) is 4.39 Å². The van der Waals surface area contributed by atoms with Crippen molar-refractivity contribution < 1.29 is 4.39 Å². The Labute approximate surface area is 98.9 Å². The minimum Gasteiger partial charge on any atom is -0.207 e. The quantitative estimate of drug-likeness (QED) is 0.662. The second-order valence-electron chi connectivity index (χ2n) is 5.12. The summed E-state index contributed by atoms with van der Waals surface area (Å²) in [6, 6.07) is 5.47. The summed E-state index contributed by atoms with van der Waals surface area (Å²) in [5, 5.41) is 0. The molecule has 0 bridgehead atoms. The van der Waals surface area contributed by atoms with E-state index in [0.717, 1.165) is 29.9 Å². The fraction of sp³-hybridized carbons (Fsp3) is 0.600. The first kappa shape index (κ1) is 13.2. The Morgan fingerprint density at radius 2 is 1.75 bits per heavy atom. The first-order valence-corrected chi connectivity index (χ1v) is 6.32. The predicted molar refractivity (Wildman–Crippen MR) is 68.3 cm³/mol. The molecule has 1 aromatic rings. The van der Waals surface area contributed by atoms with Crippen molar-refractivity contribution in [1.82, 2.24) is 0 Å². The molecule has 0 spiro atoms. The Morgan fingerprint density at radius 3 is 2.31 bits per heavy atom. The van der Waals surface area contributed by atoms with Crippen LogP contribution in [0.5, 0.6) is 0 Å². The molecule has 16 heavy (non-hydrogen) atoms. The van der Waals surface area contributed by atoms with Gasteiger partial charge in [-0.15, -0.1) is 0 Å². The molecule has 0 heterocycles. The van der Waals surface area contributed by atoms with Crippen LogP contribution in [0.1, 0.15) is 57.6 Å². The van der Waals surface area contributed by atoms with E-state index >= 15 is 0 Å². The van der Waals surface area contributed by atoms with Crippen LogP contribution in [0.25, 0.3) is 0 Å². The van der Waals surface area contributed by atoms with E-state index in [-0.39, 0.29) is 5.82 Å². The van der Waals surface area contributed by atoms with Gasteiger partial charge >= 0.3 is 0 Å². The lowest BCUT2D eigenvalue weighted by molar-refractivity contribution is 0.514. The second kappa shape index (κ2) is 6.03. The summed E-state index contributed by atoms with van der Waals surface area (Å²) in [6.07, 6.45) is 3.26. The Kier molecular flexibility index (Phi) is 4.98. The van der Waals surface area contributed by atoms with E-state index in [1.807, 2.05) is 0 Å². The number of aryl methyl sites for hydroxylation is 1. The van der Waals surface area contributed by atoms with Crippen molar-refractivity contribution in [2.45, 2.75) is 52.9 Å². The molecule has 0 nitrogen and oxygen atoms in total. The molecule has 0 amide bonds.